The zero-order chi connectivity index (χ0) is 13.7. The van der Waals surface area contributed by atoms with Crippen LogP contribution in [0, 0.1) is 6.92 Å². The van der Waals surface area contributed by atoms with Crippen LogP contribution in [0.25, 0.3) is 10.6 Å². The summed E-state index contributed by atoms with van der Waals surface area (Å²) in [6.45, 7) is 3.35. The van der Waals surface area contributed by atoms with Crippen LogP contribution >= 0.6 is 11.3 Å². The molecule has 1 aromatic carbocycles. The maximum Gasteiger partial charge on any atom is 0.251 e. The van der Waals surface area contributed by atoms with Gasteiger partial charge in [0.15, 0.2) is 0 Å². The molecule has 1 amide bonds. The van der Waals surface area contributed by atoms with Gasteiger partial charge in [0.05, 0.1) is 0 Å². The van der Waals surface area contributed by atoms with Gasteiger partial charge in [-0.2, -0.15) is 0 Å². The largest absolute Gasteiger partial charge is 0.351 e. The molecule has 1 aromatic heterocycles. The quantitative estimate of drug-likeness (QED) is 0.821. The van der Waals surface area contributed by atoms with Crippen LogP contribution in [0.3, 0.4) is 0 Å². The van der Waals surface area contributed by atoms with E-state index in [0.29, 0.717) is 12.1 Å². The molecule has 0 aliphatic heterocycles. The molecule has 0 aliphatic carbocycles. The van der Waals surface area contributed by atoms with Crippen molar-refractivity contribution in [3.8, 4) is 10.6 Å². The first-order valence-electron chi connectivity index (χ1n) is 6.16. The van der Waals surface area contributed by atoms with E-state index < -0.39 is 0 Å². The number of nitrogens with one attached hydrogen (secondary N) is 2. The molecule has 0 spiro atoms. The Balaban J connectivity index is 2.13. The predicted octanol–water partition coefficient (Wildman–Crippen LogP) is 2.07. The van der Waals surface area contributed by atoms with Gasteiger partial charge in [-0.05, 0) is 26.1 Å². The van der Waals surface area contributed by atoms with Crippen molar-refractivity contribution in [3.05, 3.63) is 40.9 Å². The Morgan fingerprint density at radius 3 is 2.89 bits per heavy atom. The number of rotatable bonds is 5. The number of carbonyl (C=O) groups is 1. The molecule has 19 heavy (non-hydrogen) atoms. The smallest absolute Gasteiger partial charge is 0.251 e. The zero-order valence-corrected chi connectivity index (χ0v) is 11.9. The van der Waals surface area contributed by atoms with Gasteiger partial charge in [-0.15, -0.1) is 11.3 Å². The summed E-state index contributed by atoms with van der Waals surface area (Å²) in [5.74, 6) is -0.0506. The first-order chi connectivity index (χ1) is 9.20. The summed E-state index contributed by atoms with van der Waals surface area (Å²) in [5, 5.41) is 8.81. The molecule has 100 valence electrons. The van der Waals surface area contributed by atoms with E-state index in [4.69, 9.17) is 0 Å². The summed E-state index contributed by atoms with van der Waals surface area (Å²) in [4.78, 5) is 16.4. The van der Waals surface area contributed by atoms with Gasteiger partial charge in [0.1, 0.15) is 5.01 Å². The number of nitrogens with zero attached hydrogens (tertiary/aromatic N) is 1. The second-order valence-corrected chi connectivity index (χ2v) is 5.09. The Morgan fingerprint density at radius 1 is 1.37 bits per heavy atom. The van der Waals surface area contributed by atoms with Crippen LogP contribution in [0.1, 0.15) is 16.1 Å². The van der Waals surface area contributed by atoms with E-state index in [1.54, 1.807) is 11.3 Å². The van der Waals surface area contributed by atoms with Crippen molar-refractivity contribution >= 4 is 17.2 Å². The van der Waals surface area contributed by atoms with Crippen molar-refractivity contribution in [1.29, 1.82) is 0 Å². The van der Waals surface area contributed by atoms with Crippen molar-refractivity contribution in [2.24, 2.45) is 0 Å². The van der Waals surface area contributed by atoms with Crippen molar-refractivity contribution in [2.75, 3.05) is 20.1 Å². The van der Waals surface area contributed by atoms with Crippen molar-refractivity contribution in [1.82, 2.24) is 15.6 Å². The molecular formula is C14H17N3OS. The molecule has 2 aromatic rings. The number of aromatic nitrogens is 1. The molecular weight excluding hydrogens is 258 g/mol. The monoisotopic (exact) mass is 275 g/mol. The molecule has 0 saturated heterocycles. The van der Waals surface area contributed by atoms with Crippen LogP contribution in [0.2, 0.25) is 0 Å². The van der Waals surface area contributed by atoms with E-state index in [0.717, 1.165) is 22.8 Å². The number of carbonyl (C=O) groups excluding carboxylic acids is 1. The summed E-state index contributed by atoms with van der Waals surface area (Å²) in [5.41, 5.74) is 2.66. The van der Waals surface area contributed by atoms with Crippen LogP contribution in [0.4, 0.5) is 0 Å². The molecule has 0 atom stereocenters. The third-order valence-corrected chi connectivity index (χ3v) is 3.66. The molecule has 0 unspecified atom stereocenters. The Hall–Kier alpha value is -1.72. The van der Waals surface area contributed by atoms with Crippen LogP contribution in [-0.4, -0.2) is 31.0 Å². The minimum atomic E-state index is -0.0506. The van der Waals surface area contributed by atoms with Crippen molar-refractivity contribution < 1.29 is 4.79 Å². The first-order valence-corrected chi connectivity index (χ1v) is 7.04. The van der Waals surface area contributed by atoms with Crippen LogP contribution in [-0.2, 0) is 0 Å². The summed E-state index contributed by atoms with van der Waals surface area (Å²) in [6, 6.07) is 7.56. The number of thiazole rings is 1. The lowest BCUT2D eigenvalue weighted by Crippen LogP contribution is -2.30. The fraction of sp³-hybridized carbons (Fsp3) is 0.286. The molecule has 0 saturated carbocycles. The standard InChI is InChI=1S/C14H17N3OS/c1-10-9-19-14(17-10)12-5-3-4-11(8-12)13(18)16-7-6-15-2/h3-5,8-9,15H,6-7H2,1-2H3,(H,16,18). The summed E-state index contributed by atoms with van der Waals surface area (Å²) >= 11 is 1.59. The van der Waals surface area contributed by atoms with Gasteiger partial charge in [0.25, 0.3) is 5.91 Å². The lowest BCUT2D eigenvalue weighted by molar-refractivity contribution is 0.0954. The van der Waals surface area contributed by atoms with Crippen molar-refractivity contribution in [3.63, 3.8) is 0 Å². The number of aryl methyl sites for hydroxylation is 1. The average Bonchev–Trinajstić information content (AvgIpc) is 2.86. The normalized spacial score (nSPS) is 10.4. The fourth-order valence-electron chi connectivity index (χ4n) is 1.68. The van der Waals surface area contributed by atoms with Gasteiger partial charge < -0.3 is 10.6 Å². The number of likely N-dealkylation sites (N-methyl/N-ethyl adjacent to an activating group) is 1. The van der Waals surface area contributed by atoms with Crippen LogP contribution in [0.5, 0.6) is 0 Å². The second kappa shape index (κ2) is 6.45. The highest BCUT2D eigenvalue weighted by molar-refractivity contribution is 7.13. The third kappa shape index (κ3) is 3.62. The Kier molecular flexibility index (Phi) is 4.65. The molecule has 0 fully saturated rings. The van der Waals surface area contributed by atoms with Gasteiger partial charge in [-0.25, -0.2) is 4.98 Å². The van der Waals surface area contributed by atoms with Crippen molar-refractivity contribution in [2.45, 2.75) is 6.92 Å². The number of hydrogen-bond acceptors (Lipinski definition) is 4. The first kappa shape index (κ1) is 13.7. The molecule has 2 N–H and O–H groups in total. The average molecular weight is 275 g/mol. The van der Waals surface area contributed by atoms with E-state index in [2.05, 4.69) is 15.6 Å². The molecule has 2 rings (SSSR count). The zero-order valence-electron chi connectivity index (χ0n) is 11.1. The fourth-order valence-corrected chi connectivity index (χ4v) is 2.48. The summed E-state index contributed by atoms with van der Waals surface area (Å²) < 4.78 is 0. The number of hydrogen-bond donors (Lipinski definition) is 2. The maximum absolute atomic E-state index is 12.0. The van der Waals surface area contributed by atoms with Gasteiger partial charge in [-0.1, -0.05) is 12.1 Å². The highest BCUT2D eigenvalue weighted by Gasteiger charge is 2.08. The van der Waals surface area contributed by atoms with E-state index in [1.165, 1.54) is 0 Å². The minimum absolute atomic E-state index is 0.0506. The molecule has 5 heteroatoms. The molecule has 0 bridgehead atoms. The van der Waals surface area contributed by atoms with E-state index in [-0.39, 0.29) is 5.91 Å². The molecule has 0 radical (unpaired) electrons. The van der Waals surface area contributed by atoms with Gasteiger partial charge >= 0.3 is 0 Å². The molecule has 4 nitrogen and oxygen atoms in total. The highest BCUT2D eigenvalue weighted by Crippen LogP contribution is 2.24. The number of benzene rings is 1. The van der Waals surface area contributed by atoms with Crippen LogP contribution in [0.15, 0.2) is 29.6 Å². The summed E-state index contributed by atoms with van der Waals surface area (Å²) in [7, 11) is 1.86. The van der Waals surface area contributed by atoms with Gasteiger partial charge in [0, 0.05) is 35.3 Å². The highest BCUT2D eigenvalue weighted by atomic mass is 32.1. The molecule has 1 heterocycles. The van der Waals surface area contributed by atoms with E-state index >= 15 is 0 Å². The van der Waals surface area contributed by atoms with Gasteiger partial charge in [-0.3, -0.25) is 4.79 Å². The maximum atomic E-state index is 12.0. The number of amides is 1. The lowest BCUT2D eigenvalue weighted by Gasteiger charge is -2.05. The summed E-state index contributed by atoms with van der Waals surface area (Å²) in [6.07, 6.45) is 0. The SMILES string of the molecule is CNCCNC(=O)c1cccc(-c2nc(C)cs2)c1. The topological polar surface area (TPSA) is 54.0 Å². The van der Waals surface area contributed by atoms with Crippen LogP contribution < -0.4 is 10.6 Å². The Labute approximate surface area is 116 Å². The second-order valence-electron chi connectivity index (χ2n) is 4.23. The van der Waals surface area contributed by atoms with E-state index in [9.17, 15) is 4.79 Å². The predicted molar refractivity (Wildman–Crippen MR) is 78.5 cm³/mol. The third-order valence-electron chi connectivity index (χ3n) is 2.65. The van der Waals surface area contributed by atoms with E-state index in [1.807, 2.05) is 43.6 Å². The Morgan fingerprint density at radius 2 is 2.21 bits per heavy atom. The lowest BCUT2D eigenvalue weighted by atomic mass is 10.1. The Bertz CT molecular complexity index is 565. The minimum Gasteiger partial charge on any atom is -0.351 e. The molecule has 0 aliphatic rings. The van der Waals surface area contributed by atoms with Gasteiger partial charge in [0.2, 0.25) is 0 Å².